The standard InChI is InChI=1S/C24H23NSe/c1-18-12-14-20(15-13-18)24(17-26-22-9-4-3-5-10-22)25-19(2)16-21-8-6-7-11-23(21)25/h3-16,24H,17H2,1-2H3. The van der Waals surface area contributed by atoms with Gasteiger partial charge in [0.15, 0.2) is 0 Å². The second-order valence-electron chi connectivity index (χ2n) is 6.77. The molecular formula is C24H23NSe. The first-order valence-corrected chi connectivity index (χ1v) is 11.1. The summed E-state index contributed by atoms with van der Waals surface area (Å²) in [5, 5.41) is 2.48. The minimum atomic E-state index is 0.371. The van der Waals surface area contributed by atoms with E-state index in [1.54, 1.807) is 0 Å². The van der Waals surface area contributed by atoms with Gasteiger partial charge in [-0.2, -0.15) is 0 Å². The van der Waals surface area contributed by atoms with Crippen molar-refractivity contribution in [3.63, 3.8) is 0 Å². The first kappa shape index (κ1) is 17.1. The van der Waals surface area contributed by atoms with Crippen LogP contribution >= 0.6 is 0 Å². The fourth-order valence-corrected chi connectivity index (χ4v) is 5.71. The Morgan fingerprint density at radius 3 is 2.27 bits per heavy atom. The van der Waals surface area contributed by atoms with E-state index < -0.39 is 0 Å². The zero-order valence-corrected chi connectivity index (χ0v) is 16.9. The second-order valence-corrected chi connectivity index (χ2v) is 9.06. The van der Waals surface area contributed by atoms with Crippen molar-refractivity contribution < 1.29 is 0 Å². The normalized spacial score (nSPS) is 12.4. The topological polar surface area (TPSA) is 4.93 Å². The maximum atomic E-state index is 2.53. The fourth-order valence-electron chi connectivity index (χ4n) is 3.53. The molecule has 0 aliphatic carbocycles. The average molecular weight is 404 g/mol. The van der Waals surface area contributed by atoms with Gasteiger partial charge in [-0.15, -0.1) is 0 Å². The monoisotopic (exact) mass is 405 g/mol. The van der Waals surface area contributed by atoms with Crippen LogP contribution in [-0.4, -0.2) is 19.5 Å². The van der Waals surface area contributed by atoms with Gasteiger partial charge in [0.05, 0.1) is 0 Å². The number of hydrogen-bond acceptors (Lipinski definition) is 0. The first-order chi connectivity index (χ1) is 12.7. The molecule has 1 aromatic heterocycles. The number of hydrogen-bond donors (Lipinski definition) is 0. The molecule has 0 amide bonds. The number of benzene rings is 3. The van der Waals surface area contributed by atoms with Gasteiger partial charge in [-0.1, -0.05) is 0 Å². The third kappa shape index (κ3) is 3.49. The molecule has 0 aliphatic rings. The molecular weight excluding hydrogens is 381 g/mol. The van der Waals surface area contributed by atoms with Crippen molar-refractivity contribution in [3.05, 3.63) is 102 Å². The van der Waals surface area contributed by atoms with Crippen LogP contribution in [0.3, 0.4) is 0 Å². The van der Waals surface area contributed by atoms with Gasteiger partial charge in [-0.05, 0) is 0 Å². The molecule has 0 aliphatic heterocycles. The SMILES string of the molecule is Cc1ccc(C(C[Se]c2ccccc2)n2c(C)cc3ccccc32)cc1. The van der Waals surface area contributed by atoms with Crippen molar-refractivity contribution in [3.8, 4) is 0 Å². The summed E-state index contributed by atoms with van der Waals surface area (Å²) in [6, 6.07) is 31.4. The van der Waals surface area contributed by atoms with Gasteiger partial charge in [0.2, 0.25) is 0 Å². The first-order valence-electron chi connectivity index (χ1n) is 9.03. The number of aryl methyl sites for hydroxylation is 2. The molecule has 26 heavy (non-hydrogen) atoms. The molecule has 0 bridgehead atoms. The summed E-state index contributed by atoms with van der Waals surface area (Å²) in [4.78, 5) is 0. The van der Waals surface area contributed by atoms with Crippen molar-refractivity contribution in [2.24, 2.45) is 0 Å². The van der Waals surface area contributed by atoms with Crippen molar-refractivity contribution in [2.45, 2.75) is 25.2 Å². The average Bonchev–Trinajstić information content (AvgIpc) is 3.00. The molecule has 1 unspecified atom stereocenters. The summed E-state index contributed by atoms with van der Waals surface area (Å²) in [6.45, 7) is 4.39. The maximum absolute atomic E-state index is 2.53. The zero-order valence-electron chi connectivity index (χ0n) is 15.2. The van der Waals surface area contributed by atoms with Gasteiger partial charge in [0, 0.05) is 0 Å². The molecule has 1 atom stereocenters. The van der Waals surface area contributed by atoms with E-state index >= 15 is 0 Å². The molecule has 0 radical (unpaired) electrons. The van der Waals surface area contributed by atoms with Crippen LogP contribution in [0, 0.1) is 13.8 Å². The van der Waals surface area contributed by atoms with E-state index in [1.165, 1.54) is 32.2 Å². The Kier molecular flexibility index (Phi) is 4.97. The van der Waals surface area contributed by atoms with Crippen LogP contribution in [0.4, 0.5) is 0 Å². The summed E-state index contributed by atoms with van der Waals surface area (Å²) in [5.41, 5.74) is 5.38. The summed E-state index contributed by atoms with van der Waals surface area (Å²) in [5.74, 6) is 0. The number of para-hydroxylation sites is 1. The molecule has 2 heteroatoms. The van der Waals surface area contributed by atoms with E-state index in [0.717, 1.165) is 5.32 Å². The Morgan fingerprint density at radius 1 is 0.808 bits per heavy atom. The fraction of sp³-hybridized carbons (Fsp3) is 0.167. The molecule has 1 nitrogen and oxygen atoms in total. The van der Waals surface area contributed by atoms with E-state index in [4.69, 9.17) is 0 Å². The van der Waals surface area contributed by atoms with Crippen molar-refractivity contribution in [2.75, 3.05) is 0 Å². The molecule has 0 N–H and O–H groups in total. The Bertz CT molecular complexity index is 1000. The van der Waals surface area contributed by atoms with Crippen molar-refractivity contribution in [1.29, 1.82) is 0 Å². The van der Waals surface area contributed by atoms with Gasteiger partial charge >= 0.3 is 162 Å². The van der Waals surface area contributed by atoms with Crippen molar-refractivity contribution in [1.82, 2.24) is 4.57 Å². The molecule has 0 saturated heterocycles. The zero-order chi connectivity index (χ0) is 17.9. The van der Waals surface area contributed by atoms with Gasteiger partial charge in [-0.25, -0.2) is 0 Å². The second kappa shape index (κ2) is 7.53. The van der Waals surface area contributed by atoms with E-state index in [1.807, 2.05) is 0 Å². The number of rotatable bonds is 5. The minimum absolute atomic E-state index is 0.371. The van der Waals surface area contributed by atoms with E-state index in [2.05, 4.69) is 103 Å². The molecule has 0 saturated carbocycles. The Balaban J connectivity index is 1.76. The Hall–Kier alpha value is -2.28. The number of fused-ring (bicyclic) bond motifs is 1. The molecule has 0 spiro atoms. The summed E-state index contributed by atoms with van der Waals surface area (Å²) < 4.78 is 4.00. The third-order valence-electron chi connectivity index (χ3n) is 4.87. The van der Waals surface area contributed by atoms with Gasteiger partial charge in [-0.3, -0.25) is 0 Å². The quantitative estimate of drug-likeness (QED) is 0.398. The van der Waals surface area contributed by atoms with Crippen LogP contribution in [0.5, 0.6) is 0 Å². The molecule has 4 rings (SSSR count). The van der Waals surface area contributed by atoms with Crippen LogP contribution in [0.1, 0.15) is 22.9 Å². The van der Waals surface area contributed by atoms with E-state index in [9.17, 15) is 0 Å². The van der Waals surface area contributed by atoms with Gasteiger partial charge < -0.3 is 0 Å². The summed E-state index contributed by atoms with van der Waals surface area (Å²) in [7, 11) is 0. The summed E-state index contributed by atoms with van der Waals surface area (Å²) in [6.07, 6.45) is 0. The number of nitrogens with zero attached hydrogens (tertiary/aromatic N) is 1. The van der Waals surface area contributed by atoms with Crippen molar-refractivity contribution >= 4 is 30.3 Å². The molecule has 3 aromatic carbocycles. The molecule has 0 fully saturated rings. The third-order valence-corrected chi connectivity index (χ3v) is 7.15. The van der Waals surface area contributed by atoms with Crippen LogP contribution in [0.15, 0.2) is 84.9 Å². The van der Waals surface area contributed by atoms with E-state index in [-0.39, 0.29) is 0 Å². The summed E-state index contributed by atoms with van der Waals surface area (Å²) >= 11 is 0.439. The molecule has 1 heterocycles. The van der Waals surface area contributed by atoms with Crippen LogP contribution < -0.4 is 4.46 Å². The van der Waals surface area contributed by atoms with Crippen LogP contribution in [0.25, 0.3) is 10.9 Å². The Labute approximate surface area is 161 Å². The van der Waals surface area contributed by atoms with Gasteiger partial charge in [0.25, 0.3) is 0 Å². The predicted molar refractivity (Wildman–Crippen MR) is 113 cm³/mol. The predicted octanol–water partition coefficient (Wildman–Crippen LogP) is 5.30. The van der Waals surface area contributed by atoms with Gasteiger partial charge in [0.1, 0.15) is 0 Å². The van der Waals surface area contributed by atoms with Crippen LogP contribution in [0.2, 0.25) is 5.32 Å². The Morgan fingerprint density at radius 2 is 1.50 bits per heavy atom. The van der Waals surface area contributed by atoms with E-state index in [0.29, 0.717) is 21.0 Å². The molecule has 4 aromatic rings. The molecule has 130 valence electrons. The van der Waals surface area contributed by atoms with Crippen LogP contribution in [-0.2, 0) is 0 Å². The number of aromatic nitrogens is 1.